The molecule has 0 amide bonds. The molecule has 2 aromatic carbocycles. The van der Waals surface area contributed by atoms with Crippen LogP contribution in [0, 0.1) is 5.41 Å². The van der Waals surface area contributed by atoms with E-state index in [0.29, 0.717) is 29.7 Å². The van der Waals surface area contributed by atoms with Crippen LogP contribution >= 0.6 is 0 Å². The summed E-state index contributed by atoms with van der Waals surface area (Å²) in [5, 5.41) is 8.25. The molecule has 0 bridgehead atoms. The molecular weight excluding hydrogens is 404 g/mol. The first-order chi connectivity index (χ1) is 15.4. The van der Waals surface area contributed by atoms with Crippen molar-refractivity contribution < 1.29 is 14.3 Å². The zero-order valence-corrected chi connectivity index (χ0v) is 18.7. The van der Waals surface area contributed by atoms with Crippen molar-refractivity contribution in [3.8, 4) is 22.9 Å². The number of ether oxygens (including phenoxy) is 2. The van der Waals surface area contributed by atoms with Crippen LogP contribution in [0.5, 0.6) is 11.5 Å². The average molecular weight is 431 g/mol. The largest absolute Gasteiger partial charge is 0.493 e. The molecule has 1 aromatic heterocycles. The number of methoxy groups -OCH3 is 2. The number of ketones is 1. The molecule has 3 aromatic rings. The van der Waals surface area contributed by atoms with Crippen LogP contribution in [-0.2, 0) is 4.79 Å². The number of rotatable bonds is 4. The van der Waals surface area contributed by atoms with Gasteiger partial charge in [0.1, 0.15) is 6.04 Å². The van der Waals surface area contributed by atoms with E-state index < -0.39 is 0 Å². The van der Waals surface area contributed by atoms with Crippen LogP contribution < -0.4 is 14.8 Å². The first-order valence-electron chi connectivity index (χ1n) is 10.7. The summed E-state index contributed by atoms with van der Waals surface area (Å²) in [5.74, 6) is 2.60. The van der Waals surface area contributed by atoms with Gasteiger partial charge in [-0.05, 0) is 35.6 Å². The van der Waals surface area contributed by atoms with E-state index in [1.807, 2.05) is 53.2 Å². The molecule has 7 nitrogen and oxygen atoms in total. The zero-order chi connectivity index (χ0) is 22.5. The number of fused-ring (bicyclic) bond motifs is 1. The number of anilines is 1. The van der Waals surface area contributed by atoms with Gasteiger partial charge in [0, 0.05) is 23.3 Å². The van der Waals surface area contributed by atoms with Crippen molar-refractivity contribution in [2.45, 2.75) is 32.7 Å². The number of Topliss-reactive ketones (excluding diaryl/α,β-unsaturated/α-hetero) is 1. The van der Waals surface area contributed by atoms with E-state index in [1.165, 1.54) is 0 Å². The van der Waals surface area contributed by atoms with Gasteiger partial charge < -0.3 is 14.8 Å². The molecule has 32 heavy (non-hydrogen) atoms. The molecule has 0 spiro atoms. The first-order valence-corrected chi connectivity index (χ1v) is 10.7. The van der Waals surface area contributed by atoms with Gasteiger partial charge in [-0.15, -0.1) is 5.10 Å². The maximum Gasteiger partial charge on any atom is 0.226 e. The van der Waals surface area contributed by atoms with Crippen LogP contribution in [0.3, 0.4) is 0 Å². The molecule has 1 N–H and O–H groups in total. The van der Waals surface area contributed by atoms with Crippen LogP contribution in [0.4, 0.5) is 5.95 Å². The summed E-state index contributed by atoms with van der Waals surface area (Å²) in [7, 11) is 3.21. The van der Waals surface area contributed by atoms with Crippen molar-refractivity contribution >= 4 is 11.7 Å². The quantitative estimate of drug-likeness (QED) is 0.651. The SMILES string of the molecule is COc1ccc(-c2nc3n(n2)[C@H](c2ccccc2)C2=C(CC(C)(C)CC2=O)N3)cc1OC. The lowest BCUT2D eigenvalue weighted by molar-refractivity contribution is -0.118. The van der Waals surface area contributed by atoms with Gasteiger partial charge >= 0.3 is 0 Å². The van der Waals surface area contributed by atoms with E-state index in [-0.39, 0.29) is 17.2 Å². The summed E-state index contributed by atoms with van der Waals surface area (Å²) in [6, 6.07) is 15.3. The summed E-state index contributed by atoms with van der Waals surface area (Å²) in [6.07, 6.45) is 1.30. The third-order valence-electron chi connectivity index (χ3n) is 6.09. The molecule has 164 valence electrons. The Hall–Kier alpha value is -3.61. The highest BCUT2D eigenvalue weighted by atomic mass is 16.5. The maximum absolute atomic E-state index is 13.3. The minimum absolute atomic E-state index is 0.0987. The third-order valence-corrected chi connectivity index (χ3v) is 6.09. The third kappa shape index (κ3) is 3.34. The normalized spacial score (nSPS) is 19.1. The fourth-order valence-electron chi connectivity index (χ4n) is 4.65. The number of allylic oxidation sites excluding steroid dienone is 2. The van der Waals surface area contributed by atoms with Gasteiger partial charge in [-0.25, -0.2) is 4.68 Å². The Morgan fingerprint density at radius 1 is 1.03 bits per heavy atom. The lowest BCUT2D eigenvalue weighted by atomic mass is 9.73. The van der Waals surface area contributed by atoms with Gasteiger partial charge in [0.05, 0.1) is 14.2 Å². The van der Waals surface area contributed by atoms with Gasteiger partial charge in [0.15, 0.2) is 23.1 Å². The number of aromatic nitrogens is 3. The van der Waals surface area contributed by atoms with Crippen molar-refractivity contribution in [1.82, 2.24) is 14.8 Å². The second kappa shape index (κ2) is 7.51. The van der Waals surface area contributed by atoms with Crippen molar-refractivity contribution in [2.75, 3.05) is 19.5 Å². The van der Waals surface area contributed by atoms with Gasteiger partial charge in [-0.1, -0.05) is 44.2 Å². The monoisotopic (exact) mass is 430 g/mol. The van der Waals surface area contributed by atoms with Crippen LogP contribution in [-0.4, -0.2) is 34.8 Å². The lowest BCUT2D eigenvalue weighted by Crippen LogP contribution is -2.36. The predicted octanol–water partition coefficient (Wildman–Crippen LogP) is 4.62. The van der Waals surface area contributed by atoms with Crippen LogP contribution in [0.25, 0.3) is 11.4 Å². The standard InChI is InChI=1S/C25H26N4O3/c1-25(2)13-17-21(18(30)14-25)22(15-8-6-5-7-9-15)29-24(26-17)27-23(28-29)16-10-11-19(31-3)20(12-16)32-4/h5-12,22H,13-14H2,1-4H3,(H,26,27,28)/t22-/m1/s1. The maximum atomic E-state index is 13.3. The van der Waals surface area contributed by atoms with E-state index in [4.69, 9.17) is 19.6 Å². The molecule has 7 heteroatoms. The molecule has 0 saturated heterocycles. The molecule has 1 aliphatic carbocycles. The molecule has 0 fully saturated rings. The summed E-state index contributed by atoms with van der Waals surface area (Å²) in [6.45, 7) is 4.25. The molecule has 2 heterocycles. The van der Waals surface area contributed by atoms with Gasteiger partial charge in [0.25, 0.3) is 0 Å². The van der Waals surface area contributed by atoms with Gasteiger partial charge in [-0.2, -0.15) is 4.98 Å². The zero-order valence-electron chi connectivity index (χ0n) is 18.7. The molecule has 0 unspecified atom stereocenters. The average Bonchev–Trinajstić information content (AvgIpc) is 3.20. The highest BCUT2D eigenvalue weighted by molar-refractivity contribution is 6.00. The van der Waals surface area contributed by atoms with Crippen molar-refractivity contribution in [1.29, 1.82) is 0 Å². The molecule has 1 aliphatic heterocycles. The molecule has 5 rings (SSSR count). The minimum atomic E-state index is -0.313. The Balaban J connectivity index is 1.65. The fourth-order valence-corrected chi connectivity index (χ4v) is 4.65. The summed E-state index contributed by atoms with van der Waals surface area (Å²) in [5.41, 5.74) is 3.45. The number of nitrogens with one attached hydrogen (secondary N) is 1. The second-order valence-corrected chi connectivity index (χ2v) is 9.04. The minimum Gasteiger partial charge on any atom is -0.493 e. The highest BCUT2D eigenvalue weighted by Crippen LogP contribution is 2.45. The van der Waals surface area contributed by atoms with Crippen molar-refractivity contribution in [2.24, 2.45) is 5.41 Å². The molecule has 2 aliphatic rings. The first kappa shape index (κ1) is 20.3. The van der Waals surface area contributed by atoms with E-state index in [0.717, 1.165) is 28.8 Å². The van der Waals surface area contributed by atoms with E-state index in [9.17, 15) is 4.79 Å². The molecular formula is C25H26N4O3. The van der Waals surface area contributed by atoms with E-state index >= 15 is 0 Å². The molecule has 0 saturated carbocycles. The van der Waals surface area contributed by atoms with Crippen LogP contribution in [0.15, 0.2) is 59.8 Å². The Bertz CT molecular complexity index is 1230. The fraction of sp³-hybridized carbons (Fsp3) is 0.320. The highest BCUT2D eigenvalue weighted by Gasteiger charge is 2.41. The summed E-state index contributed by atoms with van der Waals surface area (Å²) >= 11 is 0. The van der Waals surface area contributed by atoms with Crippen LogP contribution in [0.1, 0.15) is 38.3 Å². The van der Waals surface area contributed by atoms with E-state index in [2.05, 4.69) is 19.2 Å². The second-order valence-electron chi connectivity index (χ2n) is 9.04. The summed E-state index contributed by atoms with van der Waals surface area (Å²) in [4.78, 5) is 18.1. The Labute approximate surface area is 187 Å². The number of hydrogen-bond donors (Lipinski definition) is 1. The number of hydrogen-bond acceptors (Lipinski definition) is 6. The van der Waals surface area contributed by atoms with E-state index in [1.54, 1.807) is 14.2 Å². The van der Waals surface area contributed by atoms with Crippen molar-refractivity contribution in [3.63, 3.8) is 0 Å². The van der Waals surface area contributed by atoms with Crippen molar-refractivity contribution in [3.05, 3.63) is 65.4 Å². The Kier molecular flexibility index (Phi) is 4.77. The lowest BCUT2D eigenvalue weighted by Gasteiger charge is -2.38. The topological polar surface area (TPSA) is 78.3 Å². The predicted molar refractivity (Wildman–Crippen MR) is 122 cm³/mol. The number of benzene rings is 2. The molecule has 1 atom stereocenters. The van der Waals surface area contributed by atoms with Gasteiger partial charge in [0.2, 0.25) is 5.95 Å². The summed E-state index contributed by atoms with van der Waals surface area (Å²) < 4.78 is 12.6. The number of carbonyl (C=O) groups excluding carboxylic acids is 1. The Morgan fingerprint density at radius 3 is 2.50 bits per heavy atom. The number of nitrogens with zero attached hydrogens (tertiary/aromatic N) is 3. The number of carbonyl (C=O) groups is 1. The van der Waals surface area contributed by atoms with Crippen LogP contribution in [0.2, 0.25) is 0 Å². The molecule has 0 radical (unpaired) electrons. The smallest absolute Gasteiger partial charge is 0.226 e. The Morgan fingerprint density at radius 2 is 1.78 bits per heavy atom. The van der Waals surface area contributed by atoms with Gasteiger partial charge in [-0.3, -0.25) is 4.79 Å².